The Morgan fingerprint density at radius 3 is 2.71 bits per heavy atom. The van der Waals surface area contributed by atoms with Crippen LogP contribution in [-0.4, -0.2) is 15.0 Å². The molecule has 0 radical (unpaired) electrons. The van der Waals surface area contributed by atoms with Crippen LogP contribution >= 0.6 is 15.9 Å². The summed E-state index contributed by atoms with van der Waals surface area (Å²) in [5.74, 6) is -0.300. The van der Waals surface area contributed by atoms with E-state index in [-0.39, 0.29) is 11.9 Å². The van der Waals surface area contributed by atoms with E-state index in [9.17, 15) is 4.39 Å². The van der Waals surface area contributed by atoms with Crippen LogP contribution in [0.4, 0.5) is 4.39 Å². The quantitative estimate of drug-likeness (QED) is 0.927. The zero-order valence-electron chi connectivity index (χ0n) is 9.48. The highest BCUT2D eigenvalue weighted by Gasteiger charge is 2.14. The summed E-state index contributed by atoms with van der Waals surface area (Å²) in [6.45, 7) is 3.73. The first-order valence-electron chi connectivity index (χ1n) is 5.14. The molecule has 0 bridgehead atoms. The third kappa shape index (κ3) is 2.23. The van der Waals surface area contributed by atoms with Gasteiger partial charge in [0.2, 0.25) is 0 Å². The third-order valence-electron chi connectivity index (χ3n) is 2.50. The molecule has 0 saturated heterocycles. The van der Waals surface area contributed by atoms with Gasteiger partial charge < -0.3 is 5.73 Å². The van der Waals surface area contributed by atoms with Crippen molar-refractivity contribution in [2.75, 3.05) is 0 Å². The number of halogens is 2. The smallest absolute Gasteiger partial charge is 0.124 e. The third-order valence-corrected chi connectivity index (χ3v) is 3.13. The molecule has 6 heteroatoms. The van der Waals surface area contributed by atoms with E-state index in [0.29, 0.717) is 4.47 Å². The summed E-state index contributed by atoms with van der Waals surface area (Å²) < 4.78 is 15.3. The second-order valence-corrected chi connectivity index (χ2v) is 4.71. The van der Waals surface area contributed by atoms with Crippen LogP contribution in [0.25, 0.3) is 5.69 Å². The number of benzene rings is 1. The number of nitrogens with zero attached hydrogens (tertiary/aromatic N) is 3. The van der Waals surface area contributed by atoms with E-state index < -0.39 is 0 Å². The van der Waals surface area contributed by atoms with E-state index in [1.54, 1.807) is 10.7 Å². The Kier molecular flexibility index (Phi) is 3.26. The van der Waals surface area contributed by atoms with Gasteiger partial charge in [0.15, 0.2) is 0 Å². The fourth-order valence-corrected chi connectivity index (χ4v) is 2.16. The molecule has 17 heavy (non-hydrogen) atoms. The lowest BCUT2D eigenvalue weighted by atomic mass is 10.2. The predicted octanol–water partition coefficient (Wildman–Crippen LogP) is 2.50. The highest BCUT2D eigenvalue weighted by atomic mass is 79.9. The summed E-state index contributed by atoms with van der Waals surface area (Å²) in [5, 5.41) is 8.06. The molecule has 1 unspecified atom stereocenters. The molecule has 1 atom stereocenters. The standard InChI is InChI=1S/C11H12BrFN4/c1-6(14)11-7(2)17(16-15-11)10-4-3-8(13)5-9(10)12/h3-6H,14H2,1-2H3. The lowest BCUT2D eigenvalue weighted by molar-refractivity contribution is 0.625. The molecule has 1 aromatic carbocycles. The van der Waals surface area contributed by atoms with Crippen LogP contribution in [0.3, 0.4) is 0 Å². The van der Waals surface area contributed by atoms with Gasteiger partial charge in [0.1, 0.15) is 11.5 Å². The van der Waals surface area contributed by atoms with Crippen LogP contribution in [0.5, 0.6) is 0 Å². The van der Waals surface area contributed by atoms with Crippen molar-refractivity contribution in [1.29, 1.82) is 0 Å². The highest BCUT2D eigenvalue weighted by molar-refractivity contribution is 9.10. The Bertz CT molecular complexity index is 550. The maximum absolute atomic E-state index is 13.0. The maximum Gasteiger partial charge on any atom is 0.124 e. The summed E-state index contributed by atoms with van der Waals surface area (Å²) in [4.78, 5) is 0. The molecule has 2 N–H and O–H groups in total. The van der Waals surface area contributed by atoms with Crippen molar-refractivity contribution in [3.8, 4) is 5.69 Å². The van der Waals surface area contributed by atoms with Crippen molar-refractivity contribution in [2.45, 2.75) is 19.9 Å². The summed E-state index contributed by atoms with van der Waals surface area (Å²) >= 11 is 3.30. The molecule has 2 rings (SSSR count). The molecular weight excluding hydrogens is 287 g/mol. The van der Waals surface area contributed by atoms with Gasteiger partial charge in [-0.1, -0.05) is 5.21 Å². The first-order chi connectivity index (χ1) is 8.00. The summed E-state index contributed by atoms with van der Waals surface area (Å²) in [6, 6.07) is 4.24. The largest absolute Gasteiger partial charge is 0.323 e. The van der Waals surface area contributed by atoms with Crippen LogP contribution < -0.4 is 5.73 Å². The summed E-state index contributed by atoms with van der Waals surface area (Å²) in [7, 11) is 0. The van der Waals surface area contributed by atoms with Crippen molar-refractivity contribution < 1.29 is 4.39 Å². The Morgan fingerprint density at radius 2 is 2.18 bits per heavy atom. The van der Waals surface area contributed by atoms with Crippen molar-refractivity contribution in [3.63, 3.8) is 0 Å². The van der Waals surface area contributed by atoms with Gasteiger partial charge in [0, 0.05) is 10.5 Å². The second-order valence-electron chi connectivity index (χ2n) is 3.86. The molecule has 1 heterocycles. The fourth-order valence-electron chi connectivity index (χ4n) is 1.64. The molecule has 0 aliphatic rings. The van der Waals surface area contributed by atoms with E-state index >= 15 is 0 Å². The van der Waals surface area contributed by atoms with Crippen LogP contribution in [0, 0.1) is 12.7 Å². The predicted molar refractivity (Wildman–Crippen MR) is 66.4 cm³/mol. The maximum atomic E-state index is 13.0. The monoisotopic (exact) mass is 298 g/mol. The van der Waals surface area contributed by atoms with Crippen LogP contribution in [0.15, 0.2) is 22.7 Å². The van der Waals surface area contributed by atoms with Gasteiger partial charge >= 0.3 is 0 Å². The second kappa shape index (κ2) is 4.54. The highest BCUT2D eigenvalue weighted by Crippen LogP contribution is 2.24. The molecule has 0 spiro atoms. The molecule has 0 amide bonds. The molecular formula is C11H12BrFN4. The van der Waals surface area contributed by atoms with Crippen LogP contribution in [0.1, 0.15) is 24.4 Å². The minimum atomic E-state index is -0.300. The fraction of sp³-hybridized carbons (Fsp3) is 0.273. The van der Waals surface area contributed by atoms with Crippen LogP contribution in [0.2, 0.25) is 0 Å². The van der Waals surface area contributed by atoms with E-state index in [1.807, 2.05) is 13.8 Å². The molecule has 4 nitrogen and oxygen atoms in total. The van der Waals surface area contributed by atoms with Crippen molar-refractivity contribution in [3.05, 3.63) is 39.9 Å². The number of rotatable bonds is 2. The van der Waals surface area contributed by atoms with E-state index in [0.717, 1.165) is 17.1 Å². The number of hydrogen-bond donors (Lipinski definition) is 1. The SMILES string of the molecule is Cc1c(C(C)N)nnn1-c1ccc(F)cc1Br. The van der Waals surface area contributed by atoms with Gasteiger partial charge in [0.25, 0.3) is 0 Å². The molecule has 0 aliphatic heterocycles. The molecule has 0 aliphatic carbocycles. The van der Waals surface area contributed by atoms with Crippen molar-refractivity contribution >= 4 is 15.9 Å². The van der Waals surface area contributed by atoms with Crippen molar-refractivity contribution in [2.24, 2.45) is 5.73 Å². The van der Waals surface area contributed by atoms with Gasteiger partial charge in [-0.2, -0.15) is 0 Å². The normalized spacial score (nSPS) is 12.8. The Hall–Kier alpha value is -1.27. The van der Waals surface area contributed by atoms with Gasteiger partial charge in [0.05, 0.1) is 11.4 Å². The first-order valence-corrected chi connectivity index (χ1v) is 5.93. The number of nitrogens with two attached hydrogens (primary N) is 1. The lowest BCUT2D eigenvalue weighted by Gasteiger charge is -2.07. The molecule has 2 aromatic rings. The van der Waals surface area contributed by atoms with Gasteiger partial charge in [-0.05, 0) is 48.0 Å². The minimum absolute atomic E-state index is 0.178. The molecule has 0 saturated carbocycles. The zero-order chi connectivity index (χ0) is 12.6. The Balaban J connectivity index is 2.54. The topological polar surface area (TPSA) is 56.7 Å². The number of hydrogen-bond acceptors (Lipinski definition) is 3. The van der Waals surface area contributed by atoms with E-state index in [1.165, 1.54) is 12.1 Å². The molecule has 1 aromatic heterocycles. The summed E-state index contributed by atoms with van der Waals surface area (Å²) in [5.41, 5.74) is 8.11. The van der Waals surface area contributed by atoms with E-state index in [4.69, 9.17) is 5.73 Å². The average molecular weight is 299 g/mol. The van der Waals surface area contributed by atoms with Gasteiger partial charge in [-0.3, -0.25) is 0 Å². The number of aromatic nitrogens is 3. The lowest BCUT2D eigenvalue weighted by Crippen LogP contribution is -2.08. The molecule has 90 valence electrons. The Morgan fingerprint density at radius 1 is 1.47 bits per heavy atom. The Labute approximate surface area is 107 Å². The van der Waals surface area contributed by atoms with Gasteiger partial charge in [-0.15, -0.1) is 5.10 Å². The van der Waals surface area contributed by atoms with E-state index in [2.05, 4.69) is 26.2 Å². The minimum Gasteiger partial charge on any atom is -0.323 e. The molecule has 0 fully saturated rings. The zero-order valence-corrected chi connectivity index (χ0v) is 11.1. The first kappa shape index (κ1) is 12.2. The summed E-state index contributed by atoms with van der Waals surface area (Å²) in [6.07, 6.45) is 0. The van der Waals surface area contributed by atoms with Gasteiger partial charge in [-0.25, -0.2) is 9.07 Å². The van der Waals surface area contributed by atoms with Crippen molar-refractivity contribution in [1.82, 2.24) is 15.0 Å². The average Bonchev–Trinajstić information content (AvgIpc) is 2.60. The van der Waals surface area contributed by atoms with Crippen LogP contribution in [-0.2, 0) is 0 Å².